The lowest BCUT2D eigenvalue weighted by Gasteiger charge is -2.12. The van der Waals surface area contributed by atoms with Crippen LogP contribution in [0.15, 0.2) is 27.1 Å². The maximum absolute atomic E-state index is 9.78. The van der Waals surface area contributed by atoms with Crippen LogP contribution in [0, 0.1) is 0 Å². The normalized spacial score (nSPS) is 12.9. The van der Waals surface area contributed by atoms with Gasteiger partial charge in [-0.1, -0.05) is 31.9 Å². The van der Waals surface area contributed by atoms with Crippen molar-refractivity contribution in [3.63, 3.8) is 0 Å². The van der Waals surface area contributed by atoms with Crippen molar-refractivity contribution in [2.45, 2.75) is 13.0 Å². The Morgan fingerprint density at radius 3 is 2.79 bits per heavy atom. The van der Waals surface area contributed by atoms with Gasteiger partial charge >= 0.3 is 0 Å². The van der Waals surface area contributed by atoms with Gasteiger partial charge in [-0.2, -0.15) is 0 Å². The zero-order valence-electron chi connectivity index (χ0n) is 7.84. The first kappa shape index (κ1) is 12.2. The number of hydrogen-bond donors (Lipinski definition) is 1. The molecule has 0 aromatic heterocycles. The molecule has 14 heavy (non-hydrogen) atoms. The number of aliphatic hydroxyl groups is 1. The maximum Gasteiger partial charge on any atom is 0.103 e. The van der Waals surface area contributed by atoms with Crippen molar-refractivity contribution in [2.75, 3.05) is 13.2 Å². The van der Waals surface area contributed by atoms with E-state index in [0.717, 1.165) is 14.5 Å². The Morgan fingerprint density at radius 1 is 1.43 bits per heavy atom. The number of aliphatic hydroxyl groups excluding tert-OH is 1. The van der Waals surface area contributed by atoms with Gasteiger partial charge in [-0.15, -0.1) is 0 Å². The second-order valence-electron chi connectivity index (χ2n) is 2.84. The number of benzene rings is 1. The van der Waals surface area contributed by atoms with E-state index in [1.807, 2.05) is 25.1 Å². The van der Waals surface area contributed by atoms with Crippen LogP contribution in [0.5, 0.6) is 0 Å². The Bertz CT molecular complexity index is 302. The molecule has 0 saturated carbocycles. The Balaban J connectivity index is 2.77. The lowest BCUT2D eigenvalue weighted by molar-refractivity contribution is 0.0416. The summed E-state index contributed by atoms with van der Waals surface area (Å²) in [6, 6.07) is 5.70. The Kier molecular flexibility index (Phi) is 5.09. The highest BCUT2D eigenvalue weighted by Gasteiger charge is 2.11. The van der Waals surface area contributed by atoms with Crippen LogP contribution in [-0.4, -0.2) is 18.3 Å². The SMILES string of the molecule is CCOCC(O)c1cc(Br)ccc1Br. The maximum atomic E-state index is 9.78. The molecule has 1 aromatic rings. The molecule has 0 aliphatic rings. The molecule has 2 nitrogen and oxygen atoms in total. The van der Waals surface area contributed by atoms with E-state index in [4.69, 9.17) is 4.74 Å². The van der Waals surface area contributed by atoms with E-state index in [-0.39, 0.29) is 0 Å². The molecule has 0 bridgehead atoms. The standard InChI is InChI=1S/C10H12Br2O2/c1-2-14-6-10(13)8-5-7(11)3-4-9(8)12/h3-5,10,13H,2,6H2,1H3. The van der Waals surface area contributed by atoms with Crippen molar-refractivity contribution in [1.29, 1.82) is 0 Å². The third kappa shape index (κ3) is 3.35. The van der Waals surface area contributed by atoms with Gasteiger partial charge in [0.25, 0.3) is 0 Å². The van der Waals surface area contributed by atoms with Gasteiger partial charge in [0.15, 0.2) is 0 Å². The molecule has 1 rings (SSSR count). The molecule has 0 saturated heterocycles. The zero-order chi connectivity index (χ0) is 10.6. The van der Waals surface area contributed by atoms with E-state index in [1.165, 1.54) is 0 Å². The van der Waals surface area contributed by atoms with Crippen molar-refractivity contribution in [3.05, 3.63) is 32.7 Å². The minimum atomic E-state index is -0.582. The van der Waals surface area contributed by atoms with Gasteiger partial charge in [0.1, 0.15) is 6.10 Å². The van der Waals surface area contributed by atoms with Crippen molar-refractivity contribution < 1.29 is 9.84 Å². The minimum absolute atomic E-state index is 0.325. The van der Waals surface area contributed by atoms with Crippen LogP contribution in [0.2, 0.25) is 0 Å². The lowest BCUT2D eigenvalue weighted by atomic mass is 10.1. The number of ether oxygens (including phenoxy) is 1. The Hall–Kier alpha value is 0.1000. The molecule has 1 aromatic carbocycles. The van der Waals surface area contributed by atoms with Crippen molar-refractivity contribution >= 4 is 31.9 Å². The van der Waals surface area contributed by atoms with Crippen LogP contribution >= 0.6 is 31.9 Å². The summed E-state index contributed by atoms with van der Waals surface area (Å²) in [5.41, 5.74) is 0.841. The summed E-state index contributed by atoms with van der Waals surface area (Å²) in [4.78, 5) is 0. The third-order valence-corrected chi connectivity index (χ3v) is 3.01. The average molecular weight is 324 g/mol. The molecule has 1 atom stereocenters. The third-order valence-electron chi connectivity index (χ3n) is 1.80. The van der Waals surface area contributed by atoms with Crippen LogP contribution in [0.4, 0.5) is 0 Å². The molecular formula is C10H12Br2O2. The highest BCUT2D eigenvalue weighted by atomic mass is 79.9. The van der Waals surface area contributed by atoms with Crippen molar-refractivity contribution in [1.82, 2.24) is 0 Å². The van der Waals surface area contributed by atoms with Gasteiger partial charge in [0.05, 0.1) is 6.61 Å². The van der Waals surface area contributed by atoms with E-state index in [9.17, 15) is 5.11 Å². The number of rotatable bonds is 4. The summed E-state index contributed by atoms with van der Waals surface area (Å²) in [6.45, 7) is 2.84. The fraction of sp³-hybridized carbons (Fsp3) is 0.400. The summed E-state index contributed by atoms with van der Waals surface area (Å²) in [5, 5.41) is 9.78. The Labute approximate surface area is 101 Å². The fourth-order valence-electron chi connectivity index (χ4n) is 1.09. The van der Waals surface area contributed by atoms with Crippen molar-refractivity contribution in [3.8, 4) is 0 Å². The van der Waals surface area contributed by atoms with E-state index >= 15 is 0 Å². The molecule has 0 amide bonds. The van der Waals surface area contributed by atoms with Crippen LogP contribution in [0.25, 0.3) is 0 Å². The van der Waals surface area contributed by atoms with E-state index in [0.29, 0.717) is 13.2 Å². The molecule has 0 aliphatic heterocycles. The lowest BCUT2D eigenvalue weighted by Crippen LogP contribution is -2.07. The summed E-state index contributed by atoms with van der Waals surface area (Å²) < 4.78 is 7.00. The average Bonchev–Trinajstić information content (AvgIpc) is 2.18. The molecule has 0 radical (unpaired) electrons. The zero-order valence-corrected chi connectivity index (χ0v) is 11.0. The molecule has 0 spiro atoms. The van der Waals surface area contributed by atoms with Gasteiger partial charge in [0, 0.05) is 15.6 Å². The van der Waals surface area contributed by atoms with Gasteiger partial charge in [-0.3, -0.25) is 0 Å². The molecule has 0 heterocycles. The van der Waals surface area contributed by atoms with E-state index in [1.54, 1.807) is 0 Å². The number of hydrogen-bond acceptors (Lipinski definition) is 2. The van der Waals surface area contributed by atoms with Crippen LogP contribution in [-0.2, 0) is 4.74 Å². The highest BCUT2D eigenvalue weighted by molar-refractivity contribution is 9.11. The van der Waals surface area contributed by atoms with E-state index in [2.05, 4.69) is 31.9 Å². The van der Waals surface area contributed by atoms with Gasteiger partial charge in [0.2, 0.25) is 0 Å². The first-order valence-corrected chi connectivity index (χ1v) is 5.94. The first-order valence-electron chi connectivity index (χ1n) is 4.36. The molecule has 78 valence electrons. The summed E-state index contributed by atoms with van der Waals surface area (Å²) >= 11 is 6.75. The van der Waals surface area contributed by atoms with Crippen LogP contribution in [0.3, 0.4) is 0 Å². The second-order valence-corrected chi connectivity index (χ2v) is 4.61. The van der Waals surface area contributed by atoms with Crippen LogP contribution < -0.4 is 0 Å². The van der Waals surface area contributed by atoms with Gasteiger partial charge < -0.3 is 9.84 Å². The van der Waals surface area contributed by atoms with Gasteiger partial charge in [-0.25, -0.2) is 0 Å². The molecular weight excluding hydrogens is 312 g/mol. The first-order chi connectivity index (χ1) is 6.65. The van der Waals surface area contributed by atoms with E-state index < -0.39 is 6.10 Å². The predicted octanol–water partition coefficient (Wildman–Crippen LogP) is 3.28. The topological polar surface area (TPSA) is 29.5 Å². The molecule has 4 heteroatoms. The molecule has 0 fully saturated rings. The molecule has 0 aliphatic carbocycles. The fourth-order valence-corrected chi connectivity index (χ4v) is 1.98. The molecule has 1 N–H and O–H groups in total. The second kappa shape index (κ2) is 5.85. The smallest absolute Gasteiger partial charge is 0.103 e. The summed E-state index contributed by atoms with van der Waals surface area (Å²) in [5.74, 6) is 0. The van der Waals surface area contributed by atoms with Gasteiger partial charge in [-0.05, 0) is 30.7 Å². The summed E-state index contributed by atoms with van der Waals surface area (Å²) in [6.07, 6.45) is -0.582. The predicted molar refractivity (Wildman–Crippen MR) is 63.3 cm³/mol. The van der Waals surface area contributed by atoms with Crippen molar-refractivity contribution in [2.24, 2.45) is 0 Å². The monoisotopic (exact) mass is 322 g/mol. The Morgan fingerprint density at radius 2 is 2.14 bits per heavy atom. The summed E-state index contributed by atoms with van der Waals surface area (Å²) in [7, 11) is 0. The number of halogens is 2. The highest BCUT2D eigenvalue weighted by Crippen LogP contribution is 2.27. The largest absolute Gasteiger partial charge is 0.386 e. The minimum Gasteiger partial charge on any atom is -0.386 e. The van der Waals surface area contributed by atoms with Crippen LogP contribution in [0.1, 0.15) is 18.6 Å². The molecule has 1 unspecified atom stereocenters. The quantitative estimate of drug-likeness (QED) is 0.921.